The van der Waals surface area contributed by atoms with Gasteiger partial charge in [0.1, 0.15) is 5.75 Å². The van der Waals surface area contributed by atoms with E-state index in [1.54, 1.807) is 0 Å². The van der Waals surface area contributed by atoms with E-state index in [2.05, 4.69) is 12.2 Å². The van der Waals surface area contributed by atoms with Gasteiger partial charge >= 0.3 is 0 Å². The minimum Gasteiger partial charge on any atom is -0.494 e. The van der Waals surface area contributed by atoms with Gasteiger partial charge in [0.2, 0.25) is 5.91 Å². The first kappa shape index (κ1) is 17.3. The average molecular weight is 289 g/mol. The number of hydrogen-bond acceptors (Lipinski definition) is 2. The van der Waals surface area contributed by atoms with E-state index in [1.165, 1.54) is 32.6 Å². The molecule has 0 radical (unpaired) electrons. The van der Waals surface area contributed by atoms with Crippen molar-refractivity contribution in [2.75, 3.05) is 13.2 Å². The predicted molar refractivity (Wildman–Crippen MR) is 88.4 cm³/mol. The Morgan fingerprint density at radius 3 is 2.52 bits per heavy atom. The van der Waals surface area contributed by atoms with Crippen LogP contribution >= 0.6 is 0 Å². The number of carbonyl (C=O) groups is 1. The summed E-state index contributed by atoms with van der Waals surface area (Å²) in [5.41, 5.74) is 1.11. The first-order valence-corrected chi connectivity index (χ1v) is 7.86. The molecule has 21 heavy (non-hydrogen) atoms. The third-order valence-corrected chi connectivity index (χ3v) is 3.18. The third-order valence-electron chi connectivity index (χ3n) is 3.18. The SMILES string of the molecule is CCCCCCCOc1ccc(C=CCNC(C)=O)cc1. The second kappa shape index (κ2) is 11.0. The molecule has 0 saturated carbocycles. The van der Waals surface area contributed by atoms with Crippen LogP contribution in [-0.2, 0) is 4.79 Å². The Kier molecular flexibility index (Phi) is 9.01. The lowest BCUT2D eigenvalue weighted by atomic mass is 10.2. The van der Waals surface area contributed by atoms with Crippen LogP contribution in [0.2, 0.25) is 0 Å². The molecule has 0 aliphatic rings. The fourth-order valence-electron chi connectivity index (χ4n) is 1.97. The van der Waals surface area contributed by atoms with Crippen LogP contribution in [0.5, 0.6) is 5.75 Å². The van der Waals surface area contributed by atoms with E-state index >= 15 is 0 Å². The standard InChI is InChI=1S/C18H27NO2/c1-3-4-5-6-7-15-21-18-12-10-17(11-13-18)9-8-14-19-16(2)20/h8-13H,3-7,14-15H2,1-2H3,(H,19,20). The summed E-state index contributed by atoms with van der Waals surface area (Å²) >= 11 is 0. The van der Waals surface area contributed by atoms with Crippen LogP contribution < -0.4 is 10.1 Å². The Hall–Kier alpha value is -1.77. The summed E-state index contributed by atoms with van der Waals surface area (Å²) in [6, 6.07) is 8.03. The second-order valence-electron chi connectivity index (χ2n) is 5.17. The molecule has 116 valence electrons. The van der Waals surface area contributed by atoms with Crippen LogP contribution in [0.25, 0.3) is 6.08 Å². The summed E-state index contributed by atoms with van der Waals surface area (Å²) in [5, 5.41) is 2.73. The number of nitrogens with one attached hydrogen (secondary N) is 1. The molecule has 0 bridgehead atoms. The minimum absolute atomic E-state index is 0.0117. The molecule has 0 saturated heterocycles. The highest BCUT2D eigenvalue weighted by Gasteiger charge is 1.94. The monoisotopic (exact) mass is 289 g/mol. The van der Waals surface area contributed by atoms with E-state index < -0.39 is 0 Å². The molecule has 1 aromatic rings. The van der Waals surface area contributed by atoms with Gasteiger partial charge in [-0.3, -0.25) is 4.79 Å². The van der Waals surface area contributed by atoms with Crippen molar-refractivity contribution in [3.8, 4) is 5.75 Å². The van der Waals surface area contributed by atoms with Crippen molar-refractivity contribution in [3.05, 3.63) is 35.9 Å². The molecule has 0 aliphatic heterocycles. The maximum atomic E-state index is 10.7. The molecular weight excluding hydrogens is 262 g/mol. The Balaban J connectivity index is 2.22. The minimum atomic E-state index is -0.0117. The van der Waals surface area contributed by atoms with Crippen molar-refractivity contribution in [1.82, 2.24) is 5.32 Å². The zero-order valence-electron chi connectivity index (χ0n) is 13.2. The topological polar surface area (TPSA) is 38.3 Å². The molecule has 0 fully saturated rings. The highest BCUT2D eigenvalue weighted by Crippen LogP contribution is 2.14. The molecule has 0 heterocycles. The molecule has 1 aromatic carbocycles. The van der Waals surface area contributed by atoms with Gasteiger partial charge in [0.15, 0.2) is 0 Å². The number of unbranched alkanes of at least 4 members (excludes halogenated alkanes) is 4. The number of hydrogen-bond donors (Lipinski definition) is 1. The normalized spacial score (nSPS) is 10.8. The molecule has 1 amide bonds. The molecule has 1 N–H and O–H groups in total. The summed E-state index contributed by atoms with van der Waals surface area (Å²) in [7, 11) is 0. The number of ether oxygens (including phenoxy) is 1. The molecule has 3 nitrogen and oxygen atoms in total. The van der Waals surface area contributed by atoms with Gasteiger partial charge in [-0.1, -0.05) is 56.9 Å². The van der Waals surface area contributed by atoms with Crippen molar-refractivity contribution in [2.24, 2.45) is 0 Å². The summed E-state index contributed by atoms with van der Waals surface area (Å²) in [6.45, 7) is 5.09. The smallest absolute Gasteiger partial charge is 0.217 e. The van der Waals surface area contributed by atoms with E-state index in [0.29, 0.717) is 6.54 Å². The Bertz CT molecular complexity index is 423. The zero-order chi connectivity index (χ0) is 15.3. The van der Waals surface area contributed by atoms with Gasteiger partial charge < -0.3 is 10.1 Å². The molecule has 0 spiro atoms. The number of amides is 1. The molecular formula is C18H27NO2. The van der Waals surface area contributed by atoms with E-state index in [1.807, 2.05) is 36.4 Å². The highest BCUT2D eigenvalue weighted by atomic mass is 16.5. The van der Waals surface area contributed by atoms with Crippen LogP contribution in [0.3, 0.4) is 0 Å². The molecule has 3 heteroatoms. The summed E-state index contributed by atoms with van der Waals surface area (Å²) < 4.78 is 5.72. The zero-order valence-corrected chi connectivity index (χ0v) is 13.2. The molecule has 0 atom stereocenters. The van der Waals surface area contributed by atoms with Crippen molar-refractivity contribution in [3.63, 3.8) is 0 Å². The fourth-order valence-corrected chi connectivity index (χ4v) is 1.97. The van der Waals surface area contributed by atoms with Crippen molar-refractivity contribution < 1.29 is 9.53 Å². The summed E-state index contributed by atoms with van der Waals surface area (Å²) in [5.74, 6) is 0.909. The van der Waals surface area contributed by atoms with E-state index in [9.17, 15) is 4.79 Å². The lowest BCUT2D eigenvalue weighted by Crippen LogP contribution is -2.19. The van der Waals surface area contributed by atoms with Crippen LogP contribution in [0.4, 0.5) is 0 Å². The predicted octanol–water partition coefficient (Wildman–Crippen LogP) is 4.19. The number of benzene rings is 1. The largest absolute Gasteiger partial charge is 0.494 e. The maximum Gasteiger partial charge on any atom is 0.217 e. The number of carbonyl (C=O) groups excluding carboxylic acids is 1. The van der Waals surface area contributed by atoms with Gasteiger partial charge in [0.05, 0.1) is 6.61 Å². The molecule has 1 rings (SSSR count). The lowest BCUT2D eigenvalue weighted by molar-refractivity contribution is -0.118. The van der Waals surface area contributed by atoms with E-state index in [-0.39, 0.29) is 5.91 Å². The summed E-state index contributed by atoms with van der Waals surface area (Å²) in [6.07, 6.45) is 10.2. The highest BCUT2D eigenvalue weighted by molar-refractivity contribution is 5.73. The van der Waals surface area contributed by atoms with Gasteiger partial charge in [-0.2, -0.15) is 0 Å². The molecule has 0 aliphatic carbocycles. The average Bonchev–Trinajstić information content (AvgIpc) is 2.48. The van der Waals surface area contributed by atoms with Gasteiger partial charge in [-0.25, -0.2) is 0 Å². The maximum absolute atomic E-state index is 10.7. The quantitative estimate of drug-likeness (QED) is 0.656. The van der Waals surface area contributed by atoms with Crippen molar-refractivity contribution in [1.29, 1.82) is 0 Å². The molecule has 0 unspecified atom stereocenters. The third kappa shape index (κ3) is 8.90. The van der Waals surface area contributed by atoms with E-state index in [4.69, 9.17) is 4.74 Å². The number of rotatable bonds is 10. The summed E-state index contributed by atoms with van der Waals surface area (Å²) in [4.78, 5) is 10.7. The Morgan fingerprint density at radius 1 is 1.14 bits per heavy atom. The Morgan fingerprint density at radius 2 is 1.86 bits per heavy atom. The van der Waals surface area contributed by atoms with Crippen LogP contribution in [-0.4, -0.2) is 19.1 Å². The fraction of sp³-hybridized carbons (Fsp3) is 0.500. The van der Waals surface area contributed by atoms with Crippen molar-refractivity contribution >= 4 is 12.0 Å². The second-order valence-corrected chi connectivity index (χ2v) is 5.17. The van der Waals surface area contributed by atoms with Crippen molar-refractivity contribution in [2.45, 2.75) is 46.0 Å². The van der Waals surface area contributed by atoms with Gasteiger partial charge in [0, 0.05) is 13.5 Å². The lowest BCUT2D eigenvalue weighted by Gasteiger charge is -2.06. The van der Waals surface area contributed by atoms with Crippen LogP contribution in [0.15, 0.2) is 30.3 Å². The van der Waals surface area contributed by atoms with Crippen LogP contribution in [0, 0.1) is 0 Å². The first-order valence-electron chi connectivity index (χ1n) is 7.86. The van der Waals surface area contributed by atoms with Gasteiger partial charge in [-0.05, 0) is 24.1 Å². The Labute approximate surface area is 128 Å². The molecule has 0 aromatic heterocycles. The van der Waals surface area contributed by atoms with Gasteiger partial charge in [0.25, 0.3) is 0 Å². The van der Waals surface area contributed by atoms with E-state index in [0.717, 1.165) is 24.3 Å². The first-order chi connectivity index (χ1) is 10.2. The van der Waals surface area contributed by atoms with Crippen LogP contribution in [0.1, 0.15) is 51.5 Å². The van der Waals surface area contributed by atoms with Gasteiger partial charge in [-0.15, -0.1) is 0 Å².